The Morgan fingerprint density at radius 2 is 2.11 bits per heavy atom. The van der Waals surface area contributed by atoms with Gasteiger partial charge in [0.2, 0.25) is 0 Å². The smallest absolute Gasteiger partial charge is 0.0900 e. The quantitative estimate of drug-likeness (QED) is 0.755. The Kier molecular flexibility index (Phi) is 7.04. The number of benzene rings is 1. The Balaban J connectivity index is 2.13. The van der Waals surface area contributed by atoms with Crippen LogP contribution >= 0.6 is 0 Å². The van der Waals surface area contributed by atoms with Crippen molar-refractivity contribution in [2.45, 2.75) is 19.1 Å². The van der Waals surface area contributed by atoms with E-state index in [-0.39, 0.29) is 0 Å². The van der Waals surface area contributed by atoms with E-state index in [9.17, 15) is 5.11 Å². The van der Waals surface area contributed by atoms with Crippen molar-refractivity contribution in [2.24, 2.45) is 0 Å². The molecule has 1 aromatic rings. The van der Waals surface area contributed by atoms with E-state index in [4.69, 9.17) is 10.00 Å². The van der Waals surface area contributed by atoms with Gasteiger partial charge in [-0.1, -0.05) is 30.3 Å². The summed E-state index contributed by atoms with van der Waals surface area (Å²) in [6.45, 7) is 2.02. The van der Waals surface area contributed by atoms with Crippen LogP contribution in [0.5, 0.6) is 0 Å². The first-order valence-corrected chi connectivity index (χ1v) is 6.07. The summed E-state index contributed by atoms with van der Waals surface area (Å²) in [6, 6.07) is 12.0. The molecule has 98 valence electrons. The van der Waals surface area contributed by atoms with Crippen LogP contribution in [0.1, 0.15) is 12.0 Å². The van der Waals surface area contributed by atoms with Crippen molar-refractivity contribution in [3.63, 3.8) is 0 Å². The minimum Gasteiger partial charge on any atom is -0.389 e. The van der Waals surface area contributed by atoms with Gasteiger partial charge in [-0.2, -0.15) is 5.26 Å². The van der Waals surface area contributed by atoms with Crippen LogP contribution in [0.15, 0.2) is 30.3 Å². The maximum absolute atomic E-state index is 9.75. The van der Waals surface area contributed by atoms with Gasteiger partial charge in [0.05, 0.1) is 25.4 Å². The lowest BCUT2D eigenvalue weighted by atomic mass is 10.2. The Hall–Kier alpha value is -1.41. The van der Waals surface area contributed by atoms with Crippen molar-refractivity contribution in [3.05, 3.63) is 35.9 Å². The van der Waals surface area contributed by atoms with E-state index in [1.165, 1.54) is 0 Å². The highest BCUT2D eigenvalue weighted by Crippen LogP contribution is 2.01. The molecule has 0 aliphatic heterocycles. The van der Waals surface area contributed by atoms with Crippen molar-refractivity contribution in [2.75, 3.05) is 26.7 Å². The number of aliphatic hydroxyl groups excluding tert-OH is 1. The molecule has 18 heavy (non-hydrogen) atoms. The number of hydrogen-bond donors (Lipinski definition) is 1. The third-order valence-corrected chi connectivity index (χ3v) is 2.55. The van der Waals surface area contributed by atoms with Crippen molar-refractivity contribution >= 4 is 0 Å². The monoisotopic (exact) mass is 248 g/mol. The highest BCUT2D eigenvalue weighted by atomic mass is 16.5. The first-order chi connectivity index (χ1) is 8.72. The van der Waals surface area contributed by atoms with E-state index in [2.05, 4.69) is 6.07 Å². The second-order valence-corrected chi connectivity index (χ2v) is 4.32. The van der Waals surface area contributed by atoms with Crippen molar-refractivity contribution in [1.29, 1.82) is 5.26 Å². The molecule has 0 aliphatic carbocycles. The Bertz CT molecular complexity index is 362. The molecule has 1 rings (SSSR count). The number of nitriles is 1. The molecule has 0 saturated heterocycles. The number of ether oxygens (including phenoxy) is 1. The first kappa shape index (κ1) is 14.7. The predicted molar refractivity (Wildman–Crippen MR) is 69.8 cm³/mol. The number of likely N-dealkylation sites (N-methyl/N-ethyl adjacent to an activating group) is 1. The van der Waals surface area contributed by atoms with Crippen molar-refractivity contribution in [1.82, 2.24) is 4.90 Å². The fourth-order valence-electron chi connectivity index (χ4n) is 1.63. The SMILES string of the molecule is CN(CCC#N)CC(O)COCc1ccccc1. The zero-order valence-corrected chi connectivity index (χ0v) is 10.7. The van der Waals surface area contributed by atoms with Crippen LogP contribution in [-0.4, -0.2) is 42.9 Å². The summed E-state index contributed by atoms with van der Waals surface area (Å²) >= 11 is 0. The zero-order chi connectivity index (χ0) is 13.2. The molecule has 0 radical (unpaired) electrons. The van der Waals surface area contributed by atoms with Gasteiger partial charge in [-0.3, -0.25) is 0 Å². The largest absolute Gasteiger partial charge is 0.389 e. The van der Waals surface area contributed by atoms with Crippen LogP contribution in [0, 0.1) is 11.3 Å². The van der Waals surface area contributed by atoms with E-state index >= 15 is 0 Å². The lowest BCUT2D eigenvalue weighted by Gasteiger charge is -2.19. The molecule has 0 fully saturated rings. The molecular formula is C14H20N2O2. The predicted octanol–water partition coefficient (Wildman–Crippen LogP) is 1.41. The van der Waals surface area contributed by atoms with Gasteiger partial charge in [0.15, 0.2) is 0 Å². The maximum Gasteiger partial charge on any atom is 0.0900 e. The van der Waals surface area contributed by atoms with E-state index in [0.717, 1.165) is 5.56 Å². The lowest BCUT2D eigenvalue weighted by molar-refractivity contribution is 0.0140. The zero-order valence-electron chi connectivity index (χ0n) is 10.7. The number of rotatable bonds is 8. The van der Waals surface area contributed by atoms with E-state index in [1.54, 1.807) is 0 Å². The highest BCUT2D eigenvalue weighted by Gasteiger charge is 2.08. The van der Waals surface area contributed by atoms with E-state index < -0.39 is 6.10 Å². The molecule has 0 aliphatic rings. The van der Waals surface area contributed by atoms with Gasteiger partial charge < -0.3 is 14.7 Å². The summed E-state index contributed by atoms with van der Waals surface area (Å²) in [4.78, 5) is 1.93. The van der Waals surface area contributed by atoms with Crippen LogP contribution < -0.4 is 0 Å². The molecule has 1 unspecified atom stereocenters. The summed E-state index contributed by atoms with van der Waals surface area (Å²) in [5.41, 5.74) is 1.10. The summed E-state index contributed by atoms with van der Waals surface area (Å²) in [7, 11) is 1.89. The summed E-state index contributed by atoms with van der Waals surface area (Å²) in [5, 5.41) is 18.2. The number of hydrogen-bond acceptors (Lipinski definition) is 4. The van der Waals surface area contributed by atoms with E-state index in [1.807, 2.05) is 42.3 Å². The number of aliphatic hydroxyl groups is 1. The van der Waals surface area contributed by atoms with Gasteiger partial charge in [-0.25, -0.2) is 0 Å². The van der Waals surface area contributed by atoms with Gasteiger partial charge in [-0.15, -0.1) is 0 Å². The maximum atomic E-state index is 9.75. The Morgan fingerprint density at radius 1 is 1.39 bits per heavy atom. The molecule has 4 nitrogen and oxygen atoms in total. The summed E-state index contributed by atoms with van der Waals surface area (Å²) < 4.78 is 5.45. The van der Waals surface area contributed by atoms with Gasteiger partial charge in [0, 0.05) is 19.5 Å². The van der Waals surface area contributed by atoms with Gasteiger partial charge in [0.25, 0.3) is 0 Å². The molecule has 1 N–H and O–H groups in total. The van der Waals surface area contributed by atoms with Crippen LogP contribution in [0.2, 0.25) is 0 Å². The average Bonchev–Trinajstić information content (AvgIpc) is 2.37. The minimum absolute atomic E-state index is 0.311. The standard InChI is InChI=1S/C14H20N2O2/c1-16(9-5-8-15)10-14(17)12-18-11-13-6-3-2-4-7-13/h2-4,6-7,14,17H,5,9-12H2,1H3. The molecule has 0 amide bonds. The van der Waals surface area contributed by atoms with E-state index in [0.29, 0.717) is 32.7 Å². The average molecular weight is 248 g/mol. The molecule has 0 heterocycles. The molecule has 0 saturated carbocycles. The Morgan fingerprint density at radius 3 is 2.78 bits per heavy atom. The van der Waals surface area contributed by atoms with Gasteiger partial charge in [-0.05, 0) is 12.6 Å². The normalized spacial score (nSPS) is 12.3. The minimum atomic E-state index is -0.516. The highest BCUT2D eigenvalue weighted by molar-refractivity contribution is 5.13. The second-order valence-electron chi connectivity index (χ2n) is 4.32. The van der Waals surface area contributed by atoms with Crippen LogP contribution in [0.25, 0.3) is 0 Å². The molecule has 0 aromatic heterocycles. The third-order valence-electron chi connectivity index (χ3n) is 2.55. The molecule has 0 spiro atoms. The fraction of sp³-hybridized carbons (Fsp3) is 0.500. The van der Waals surface area contributed by atoms with Crippen LogP contribution in [-0.2, 0) is 11.3 Å². The van der Waals surface area contributed by atoms with Gasteiger partial charge >= 0.3 is 0 Å². The van der Waals surface area contributed by atoms with Crippen molar-refractivity contribution in [3.8, 4) is 6.07 Å². The van der Waals surface area contributed by atoms with Crippen molar-refractivity contribution < 1.29 is 9.84 Å². The number of nitrogens with zero attached hydrogens (tertiary/aromatic N) is 2. The van der Waals surface area contributed by atoms with Crippen LogP contribution in [0.4, 0.5) is 0 Å². The van der Waals surface area contributed by atoms with Crippen LogP contribution in [0.3, 0.4) is 0 Å². The molecule has 0 bridgehead atoms. The summed E-state index contributed by atoms with van der Waals surface area (Å²) in [5.74, 6) is 0. The fourth-order valence-corrected chi connectivity index (χ4v) is 1.63. The Labute approximate surface area is 108 Å². The summed E-state index contributed by atoms with van der Waals surface area (Å²) in [6.07, 6.45) is -0.0360. The third kappa shape index (κ3) is 6.36. The molecule has 4 heteroatoms. The lowest BCUT2D eigenvalue weighted by Crippen LogP contribution is -2.32. The molecule has 1 atom stereocenters. The molecular weight excluding hydrogens is 228 g/mol. The topological polar surface area (TPSA) is 56.5 Å². The molecule has 1 aromatic carbocycles. The van der Waals surface area contributed by atoms with Gasteiger partial charge in [0.1, 0.15) is 0 Å². The first-order valence-electron chi connectivity index (χ1n) is 6.07. The second kappa shape index (κ2) is 8.65.